The van der Waals surface area contributed by atoms with E-state index in [4.69, 9.17) is 4.98 Å². The minimum Gasteiger partial charge on any atom is -0.269 e. The van der Waals surface area contributed by atoms with Crippen LogP contribution in [0.3, 0.4) is 0 Å². The second-order valence-electron chi connectivity index (χ2n) is 8.59. The molecule has 0 fully saturated rings. The first-order valence-electron chi connectivity index (χ1n) is 11.0. The van der Waals surface area contributed by atoms with E-state index in [1.54, 1.807) is 0 Å². The van der Waals surface area contributed by atoms with Gasteiger partial charge in [0.1, 0.15) is 34.1 Å². The lowest BCUT2D eigenvalue weighted by Gasteiger charge is -2.09. The van der Waals surface area contributed by atoms with E-state index in [1.807, 2.05) is 66.1 Å². The van der Waals surface area contributed by atoms with Gasteiger partial charge in [-0.15, -0.1) is 0 Å². The Morgan fingerprint density at radius 2 is 1.62 bits per heavy atom. The van der Waals surface area contributed by atoms with Crippen molar-refractivity contribution >= 4 is 38.9 Å². The lowest BCUT2D eigenvalue weighted by Crippen LogP contribution is -2.29. The molecule has 0 aliphatic carbocycles. The third-order valence-corrected chi connectivity index (χ3v) is 6.15. The highest BCUT2D eigenvalue weighted by molar-refractivity contribution is 6.11. The lowest BCUT2D eigenvalue weighted by molar-refractivity contribution is -0.496. The van der Waals surface area contributed by atoms with Crippen LogP contribution in [0.1, 0.15) is 42.5 Å². The van der Waals surface area contributed by atoms with Gasteiger partial charge in [-0.2, -0.15) is 14.9 Å². The van der Waals surface area contributed by atoms with Crippen LogP contribution in [0.4, 0.5) is 0 Å². The Bertz CT molecular complexity index is 1880. The lowest BCUT2D eigenvalue weighted by atomic mass is 10.2. The molecule has 4 aromatic heterocycles. The van der Waals surface area contributed by atoms with Crippen LogP contribution in [0, 0.1) is 29.6 Å². The molecule has 4 heterocycles. The molecule has 8 heteroatoms. The number of imidazole rings is 1. The molecule has 2 aromatic carbocycles. The number of para-hydroxylation sites is 3. The van der Waals surface area contributed by atoms with Crippen LogP contribution < -0.4 is 4.40 Å². The molecule has 0 radical (unpaired) electrons. The summed E-state index contributed by atoms with van der Waals surface area (Å²) in [7, 11) is 0. The SMILES string of the molecule is Cc1ccccc1-n1c2nc(C#N)c(C#N)nc2c2c1nc(C(C)C)[n+]1c3ccccc3[nH]c21. The Kier molecular flexibility index (Phi) is 4.14. The molecule has 0 bridgehead atoms. The fourth-order valence-electron chi connectivity index (χ4n) is 4.63. The zero-order valence-electron chi connectivity index (χ0n) is 18.8. The molecular weight excluding hydrogens is 424 g/mol. The maximum absolute atomic E-state index is 9.65. The molecule has 0 aliphatic rings. The van der Waals surface area contributed by atoms with Crippen molar-refractivity contribution in [3.05, 3.63) is 71.3 Å². The Labute approximate surface area is 194 Å². The summed E-state index contributed by atoms with van der Waals surface area (Å²) < 4.78 is 4.07. The third-order valence-electron chi connectivity index (χ3n) is 6.15. The first-order chi connectivity index (χ1) is 16.5. The Morgan fingerprint density at radius 3 is 2.35 bits per heavy atom. The van der Waals surface area contributed by atoms with Crippen LogP contribution in [-0.2, 0) is 0 Å². The number of nitriles is 2. The highest BCUT2D eigenvalue weighted by atomic mass is 15.2. The van der Waals surface area contributed by atoms with Gasteiger partial charge < -0.3 is 0 Å². The number of benzene rings is 2. The van der Waals surface area contributed by atoms with E-state index >= 15 is 0 Å². The molecule has 1 N–H and O–H groups in total. The fraction of sp³-hybridized carbons (Fsp3) is 0.154. The minimum atomic E-state index is -0.00253. The molecule has 0 aliphatic heterocycles. The number of hydrogen-bond donors (Lipinski definition) is 1. The topological polar surface area (TPSA) is 111 Å². The Hall–Kier alpha value is -4.82. The molecule has 8 nitrogen and oxygen atoms in total. The van der Waals surface area contributed by atoms with Crippen LogP contribution >= 0.6 is 0 Å². The van der Waals surface area contributed by atoms with Gasteiger partial charge in [-0.05, 0) is 30.7 Å². The molecule has 0 atom stereocenters. The van der Waals surface area contributed by atoms with Crippen molar-refractivity contribution < 1.29 is 4.40 Å². The molecule has 0 saturated carbocycles. The van der Waals surface area contributed by atoms with E-state index in [0.717, 1.165) is 39.1 Å². The van der Waals surface area contributed by atoms with Crippen LogP contribution in [0.2, 0.25) is 0 Å². The number of aromatic amines is 1. The van der Waals surface area contributed by atoms with Gasteiger partial charge in [0.05, 0.1) is 5.69 Å². The summed E-state index contributed by atoms with van der Waals surface area (Å²) in [5, 5.41) is 20.1. The fourth-order valence-corrected chi connectivity index (χ4v) is 4.63. The smallest absolute Gasteiger partial charge is 0.248 e. The number of aryl methyl sites for hydroxylation is 1. The van der Waals surface area contributed by atoms with Crippen molar-refractivity contribution in [1.29, 1.82) is 10.5 Å². The second kappa shape index (κ2) is 7.09. The predicted octanol–water partition coefficient (Wildman–Crippen LogP) is 4.36. The zero-order chi connectivity index (χ0) is 23.6. The van der Waals surface area contributed by atoms with Crippen molar-refractivity contribution in [1.82, 2.24) is 24.5 Å². The van der Waals surface area contributed by atoms with E-state index in [0.29, 0.717) is 16.8 Å². The van der Waals surface area contributed by atoms with Crippen molar-refractivity contribution in [2.45, 2.75) is 26.7 Å². The van der Waals surface area contributed by atoms with Crippen LogP contribution in [0.15, 0.2) is 48.5 Å². The van der Waals surface area contributed by atoms with Gasteiger partial charge in [-0.25, -0.2) is 9.97 Å². The highest BCUT2D eigenvalue weighted by Gasteiger charge is 2.30. The van der Waals surface area contributed by atoms with Crippen molar-refractivity contribution in [3.8, 4) is 17.8 Å². The summed E-state index contributed by atoms with van der Waals surface area (Å²) in [6.07, 6.45) is 0. The summed E-state index contributed by atoms with van der Waals surface area (Å²) in [5.74, 6) is 1.02. The zero-order valence-corrected chi connectivity index (χ0v) is 18.8. The van der Waals surface area contributed by atoms with E-state index in [9.17, 15) is 10.5 Å². The number of fused-ring (bicyclic) bond motifs is 7. The van der Waals surface area contributed by atoms with Gasteiger partial charge in [0.15, 0.2) is 17.0 Å². The number of nitrogens with one attached hydrogen (secondary N) is 1. The molecule has 34 heavy (non-hydrogen) atoms. The van der Waals surface area contributed by atoms with Crippen LogP contribution in [0.5, 0.6) is 0 Å². The normalized spacial score (nSPS) is 11.6. The van der Waals surface area contributed by atoms with Gasteiger partial charge in [-0.1, -0.05) is 49.2 Å². The predicted molar refractivity (Wildman–Crippen MR) is 127 cm³/mol. The molecule has 6 rings (SSSR count). The maximum atomic E-state index is 9.65. The van der Waals surface area contributed by atoms with E-state index in [-0.39, 0.29) is 17.3 Å². The van der Waals surface area contributed by atoms with Crippen LogP contribution in [-0.4, -0.2) is 24.5 Å². The van der Waals surface area contributed by atoms with Gasteiger partial charge in [0.25, 0.3) is 0 Å². The summed E-state index contributed by atoms with van der Waals surface area (Å²) in [6.45, 7) is 6.25. The van der Waals surface area contributed by atoms with Crippen molar-refractivity contribution in [2.75, 3.05) is 0 Å². The molecule has 0 spiro atoms. The monoisotopic (exact) mass is 443 g/mol. The van der Waals surface area contributed by atoms with E-state index in [1.165, 1.54) is 0 Å². The maximum Gasteiger partial charge on any atom is 0.248 e. The molecule has 0 amide bonds. The molecule has 0 saturated heterocycles. The van der Waals surface area contributed by atoms with Gasteiger partial charge in [0, 0.05) is 5.92 Å². The molecule has 162 valence electrons. The molecular formula is C26H19N8+. The second-order valence-corrected chi connectivity index (χ2v) is 8.59. The van der Waals surface area contributed by atoms with Crippen LogP contribution in [0.25, 0.3) is 44.6 Å². The highest BCUT2D eigenvalue weighted by Crippen LogP contribution is 2.33. The summed E-state index contributed by atoms with van der Waals surface area (Å²) in [6, 6.07) is 20.1. The first-order valence-corrected chi connectivity index (χ1v) is 11.0. The number of rotatable bonds is 2. The average molecular weight is 443 g/mol. The van der Waals surface area contributed by atoms with Gasteiger partial charge in [0.2, 0.25) is 17.1 Å². The molecule has 6 aromatic rings. The Morgan fingerprint density at radius 1 is 0.912 bits per heavy atom. The first kappa shape index (κ1) is 19.8. The number of hydrogen-bond acceptors (Lipinski definition) is 5. The standard InChI is InChI=1S/C26H18N8/c1-14(2)23-32-25-21(24-30-16-9-5-7-11-20(16)34(23)24)22-26(31-18(13-28)17(12-27)29-22)33(25)19-10-6-4-8-15(19)3/h4-11,14H,1-3H3/p+1. The van der Waals surface area contributed by atoms with Gasteiger partial charge >= 0.3 is 0 Å². The minimum absolute atomic E-state index is 0.000954. The van der Waals surface area contributed by atoms with Gasteiger partial charge in [-0.3, -0.25) is 9.55 Å². The van der Waals surface area contributed by atoms with Crippen molar-refractivity contribution in [3.63, 3.8) is 0 Å². The molecule has 0 unspecified atom stereocenters. The van der Waals surface area contributed by atoms with E-state index in [2.05, 4.69) is 39.3 Å². The third kappa shape index (κ3) is 2.57. The average Bonchev–Trinajstić information content (AvgIpc) is 3.38. The Balaban J connectivity index is 1.95. The van der Waals surface area contributed by atoms with Crippen molar-refractivity contribution in [2.24, 2.45) is 0 Å². The summed E-state index contributed by atoms with van der Waals surface area (Å²) >= 11 is 0. The number of H-pyrrole nitrogens is 1. The number of nitrogens with zero attached hydrogens (tertiary/aromatic N) is 7. The number of aromatic nitrogens is 6. The summed E-state index contributed by atoms with van der Waals surface area (Å²) in [5.41, 5.74) is 6.44. The van der Waals surface area contributed by atoms with E-state index < -0.39 is 0 Å². The summed E-state index contributed by atoms with van der Waals surface area (Å²) in [4.78, 5) is 17.9. The quantitative estimate of drug-likeness (QED) is 0.400. The largest absolute Gasteiger partial charge is 0.269 e.